The van der Waals surface area contributed by atoms with Crippen molar-refractivity contribution in [2.45, 2.75) is 58.3 Å². The van der Waals surface area contributed by atoms with Crippen LogP contribution in [0.5, 0.6) is 11.5 Å². The first-order valence-electron chi connectivity index (χ1n) is 10.5. The van der Waals surface area contributed by atoms with Crippen LogP contribution in [0, 0.1) is 37.3 Å². The monoisotopic (exact) mass is 436 g/mol. The first-order valence-corrected chi connectivity index (χ1v) is 12.1. The van der Waals surface area contributed by atoms with E-state index in [1.807, 2.05) is 0 Å². The summed E-state index contributed by atoms with van der Waals surface area (Å²) in [4.78, 5) is 18.7. The molecule has 0 saturated heterocycles. The topological polar surface area (TPSA) is 66.8 Å². The Balaban J connectivity index is 1.55. The molecule has 0 spiro atoms. The number of hydrogen-bond donors (Lipinski definition) is 2. The van der Waals surface area contributed by atoms with Crippen LogP contribution >= 0.6 is 7.60 Å². The highest BCUT2D eigenvalue weighted by molar-refractivity contribution is 7.60. The molecular formula is C23H27F2O4P. The van der Waals surface area contributed by atoms with Crippen LogP contribution in [0.1, 0.15) is 61.1 Å². The van der Waals surface area contributed by atoms with Crippen LogP contribution in [-0.4, -0.2) is 9.79 Å². The molecular weight excluding hydrogens is 409 g/mol. The lowest BCUT2D eigenvalue weighted by molar-refractivity contribution is 0.290. The van der Waals surface area contributed by atoms with Gasteiger partial charge >= 0.3 is 7.60 Å². The normalized spacial score (nSPS) is 22.2. The zero-order valence-electron chi connectivity index (χ0n) is 17.2. The van der Waals surface area contributed by atoms with Gasteiger partial charge in [-0.05, 0) is 105 Å². The van der Waals surface area contributed by atoms with Gasteiger partial charge in [0.15, 0.2) is 11.6 Å². The highest BCUT2D eigenvalue weighted by Gasteiger charge is 2.35. The standard InChI is InChI=1S/C23H27F2O4P/c1-13-11-18(30(26,27)28)12-14(2)23(13)29-20-10-9-19(21(24)22(20)25)17-7-5-16(6-8-17)15-3-4-15/h9-12,15-17H,3-8H2,1-2H3,(H2,26,27,28). The summed E-state index contributed by atoms with van der Waals surface area (Å²) in [6.45, 7) is 3.23. The summed E-state index contributed by atoms with van der Waals surface area (Å²) in [7, 11) is -4.41. The highest BCUT2D eigenvalue weighted by Crippen LogP contribution is 2.48. The van der Waals surface area contributed by atoms with E-state index >= 15 is 0 Å². The van der Waals surface area contributed by atoms with E-state index in [0.29, 0.717) is 16.7 Å². The summed E-state index contributed by atoms with van der Waals surface area (Å²) < 4.78 is 46.9. The molecule has 4 rings (SSSR count). The average molecular weight is 436 g/mol. The van der Waals surface area contributed by atoms with Crippen molar-refractivity contribution in [3.05, 3.63) is 52.6 Å². The summed E-state index contributed by atoms with van der Waals surface area (Å²) >= 11 is 0. The first kappa shape index (κ1) is 21.5. The van der Waals surface area contributed by atoms with Gasteiger partial charge in [-0.25, -0.2) is 4.39 Å². The highest BCUT2D eigenvalue weighted by atomic mass is 31.2. The molecule has 30 heavy (non-hydrogen) atoms. The second-order valence-electron chi connectivity index (χ2n) is 8.78. The fraction of sp³-hybridized carbons (Fsp3) is 0.478. The van der Waals surface area contributed by atoms with Gasteiger partial charge in [0.1, 0.15) is 5.75 Å². The number of halogens is 2. The Labute approximate surface area is 175 Å². The average Bonchev–Trinajstić information content (AvgIpc) is 3.52. The lowest BCUT2D eigenvalue weighted by Crippen LogP contribution is -2.16. The van der Waals surface area contributed by atoms with E-state index in [2.05, 4.69) is 0 Å². The van der Waals surface area contributed by atoms with Crippen LogP contribution in [0.4, 0.5) is 8.78 Å². The Morgan fingerprint density at radius 1 is 0.900 bits per heavy atom. The molecule has 2 N–H and O–H groups in total. The Bertz CT molecular complexity index is 981. The number of hydrogen-bond acceptors (Lipinski definition) is 2. The third kappa shape index (κ3) is 4.32. The predicted molar refractivity (Wildman–Crippen MR) is 111 cm³/mol. The second kappa shape index (κ2) is 8.07. The van der Waals surface area contributed by atoms with Crippen LogP contribution < -0.4 is 10.0 Å². The van der Waals surface area contributed by atoms with E-state index in [4.69, 9.17) is 4.74 Å². The van der Waals surface area contributed by atoms with Crippen molar-refractivity contribution in [1.29, 1.82) is 0 Å². The molecule has 4 nitrogen and oxygen atoms in total. The molecule has 0 bridgehead atoms. The maximum Gasteiger partial charge on any atom is 0.356 e. The van der Waals surface area contributed by atoms with E-state index < -0.39 is 19.2 Å². The second-order valence-corrected chi connectivity index (χ2v) is 10.4. The number of aryl methyl sites for hydroxylation is 2. The van der Waals surface area contributed by atoms with Crippen molar-refractivity contribution in [3.63, 3.8) is 0 Å². The molecule has 2 saturated carbocycles. The SMILES string of the molecule is Cc1cc(P(=O)(O)O)cc(C)c1Oc1ccc(C2CCC(C3CC3)CC2)c(F)c1F. The van der Waals surface area contributed by atoms with E-state index in [1.165, 1.54) is 31.0 Å². The number of benzene rings is 2. The van der Waals surface area contributed by atoms with Gasteiger partial charge in [-0.3, -0.25) is 4.57 Å². The van der Waals surface area contributed by atoms with Gasteiger partial charge in [-0.1, -0.05) is 6.07 Å². The molecule has 2 aliphatic carbocycles. The number of rotatable bonds is 5. The molecule has 0 atom stereocenters. The third-order valence-corrected chi connectivity index (χ3v) is 7.50. The predicted octanol–water partition coefficient (Wildman–Crippen LogP) is 5.86. The van der Waals surface area contributed by atoms with Crippen LogP contribution in [0.3, 0.4) is 0 Å². The fourth-order valence-electron chi connectivity index (χ4n) is 4.78. The molecule has 2 aliphatic rings. The van der Waals surface area contributed by atoms with E-state index in [9.17, 15) is 23.1 Å². The Hall–Kier alpha value is -1.75. The quantitative estimate of drug-likeness (QED) is 0.576. The summed E-state index contributed by atoms with van der Waals surface area (Å²) in [5.41, 5.74) is 1.30. The van der Waals surface area contributed by atoms with Gasteiger partial charge in [0.05, 0.1) is 5.30 Å². The summed E-state index contributed by atoms with van der Waals surface area (Å²) in [6.07, 6.45) is 6.58. The molecule has 2 fully saturated rings. The Morgan fingerprint density at radius 2 is 1.43 bits per heavy atom. The van der Waals surface area contributed by atoms with Gasteiger partial charge in [0.2, 0.25) is 5.82 Å². The van der Waals surface area contributed by atoms with Gasteiger partial charge in [0, 0.05) is 0 Å². The van der Waals surface area contributed by atoms with Gasteiger partial charge < -0.3 is 14.5 Å². The molecule has 7 heteroatoms. The molecule has 0 aromatic heterocycles. The minimum absolute atomic E-state index is 0.0366. The van der Waals surface area contributed by atoms with Crippen molar-refractivity contribution in [2.24, 2.45) is 11.8 Å². The zero-order chi connectivity index (χ0) is 21.6. The Morgan fingerprint density at radius 3 is 1.93 bits per heavy atom. The van der Waals surface area contributed by atoms with Gasteiger partial charge in [-0.15, -0.1) is 0 Å². The maximum atomic E-state index is 14.9. The van der Waals surface area contributed by atoms with Crippen molar-refractivity contribution < 1.29 is 27.9 Å². The van der Waals surface area contributed by atoms with Crippen LogP contribution in [0.2, 0.25) is 0 Å². The van der Waals surface area contributed by atoms with Gasteiger partial charge in [0.25, 0.3) is 0 Å². The smallest absolute Gasteiger partial charge is 0.356 e. The molecule has 0 radical (unpaired) electrons. The first-order chi connectivity index (χ1) is 14.1. The number of ether oxygens (including phenoxy) is 1. The molecule has 162 valence electrons. The molecule has 0 amide bonds. The Kier molecular flexibility index (Phi) is 5.78. The zero-order valence-corrected chi connectivity index (χ0v) is 18.1. The third-order valence-electron chi connectivity index (χ3n) is 6.57. The maximum absolute atomic E-state index is 14.9. The largest absolute Gasteiger partial charge is 0.454 e. The minimum atomic E-state index is -4.41. The van der Waals surface area contributed by atoms with Crippen LogP contribution in [0.15, 0.2) is 24.3 Å². The lowest BCUT2D eigenvalue weighted by atomic mass is 9.77. The van der Waals surface area contributed by atoms with Crippen molar-refractivity contribution in [3.8, 4) is 11.5 Å². The van der Waals surface area contributed by atoms with E-state index in [0.717, 1.165) is 37.5 Å². The van der Waals surface area contributed by atoms with Crippen LogP contribution in [-0.2, 0) is 4.57 Å². The molecule has 2 aromatic rings. The van der Waals surface area contributed by atoms with E-state index in [-0.39, 0.29) is 22.7 Å². The lowest BCUT2D eigenvalue weighted by Gasteiger charge is -2.29. The van der Waals surface area contributed by atoms with E-state index in [1.54, 1.807) is 19.9 Å². The fourth-order valence-corrected chi connectivity index (χ4v) is 5.50. The minimum Gasteiger partial charge on any atom is -0.454 e. The van der Waals surface area contributed by atoms with Crippen molar-refractivity contribution in [1.82, 2.24) is 0 Å². The van der Waals surface area contributed by atoms with Crippen LogP contribution in [0.25, 0.3) is 0 Å². The summed E-state index contributed by atoms with van der Waals surface area (Å²) in [6, 6.07) is 5.69. The summed E-state index contributed by atoms with van der Waals surface area (Å²) in [5.74, 6) is -0.194. The molecule has 0 heterocycles. The van der Waals surface area contributed by atoms with Crippen molar-refractivity contribution in [2.75, 3.05) is 0 Å². The molecule has 0 unspecified atom stereocenters. The molecule has 2 aromatic carbocycles. The molecule has 0 aliphatic heterocycles. The van der Waals surface area contributed by atoms with Gasteiger partial charge in [-0.2, -0.15) is 4.39 Å². The van der Waals surface area contributed by atoms with Crippen molar-refractivity contribution >= 4 is 12.9 Å². The summed E-state index contributed by atoms with van der Waals surface area (Å²) in [5, 5.41) is -0.131.